The summed E-state index contributed by atoms with van der Waals surface area (Å²) in [7, 11) is 0. The van der Waals surface area contributed by atoms with Crippen LogP contribution in [0.15, 0.2) is 36.4 Å². The van der Waals surface area contributed by atoms with Crippen LogP contribution in [0.3, 0.4) is 0 Å². The van der Waals surface area contributed by atoms with Gasteiger partial charge in [-0.05, 0) is 55.2 Å². The minimum atomic E-state index is -1.07. The highest BCUT2D eigenvalue weighted by atomic mass is 16.5. The Morgan fingerprint density at radius 2 is 1.32 bits per heavy atom. The fourth-order valence-electron chi connectivity index (χ4n) is 4.97. The van der Waals surface area contributed by atoms with E-state index in [1.807, 2.05) is 27.7 Å². The third-order valence-electron chi connectivity index (χ3n) is 7.43. The monoisotopic (exact) mass is 699 g/mol. The quantitative estimate of drug-likeness (QED) is 0.0646. The normalized spacial score (nSPS) is 14.2. The van der Waals surface area contributed by atoms with Gasteiger partial charge in [0.25, 0.3) is 11.8 Å². The van der Waals surface area contributed by atoms with Crippen molar-refractivity contribution >= 4 is 53.1 Å². The number of nitrogens with one attached hydrogen (secondary N) is 5. The molecule has 0 saturated heterocycles. The number of anilines is 1. The Kier molecular flexibility index (Phi) is 16.6. The molecule has 274 valence electrons. The van der Waals surface area contributed by atoms with E-state index in [2.05, 4.69) is 26.6 Å². The molecule has 16 nitrogen and oxygen atoms in total. The van der Waals surface area contributed by atoms with Crippen molar-refractivity contribution in [3.05, 3.63) is 42.0 Å². The predicted octanol–water partition coefficient (Wildman–Crippen LogP) is 0.998. The first-order chi connectivity index (χ1) is 23.5. The summed E-state index contributed by atoms with van der Waals surface area (Å²) in [5.41, 5.74) is 6.27. The second kappa shape index (κ2) is 20.3. The van der Waals surface area contributed by atoms with Crippen LogP contribution in [0.2, 0.25) is 0 Å². The van der Waals surface area contributed by atoms with Gasteiger partial charge in [0.1, 0.15) is 24.7 Å². The molecule has 0 radical (unpaired) electrons. The Hall–Kier alpha value is -5.28. The number of imide groups is 1. The maximum Gasteiger partial charge on any atom is 0.312 e. The average molecular weight is 700 g/mol. The maximum absolute atomic E-state index is 13.7. The number of hydrogen-bond acceptors (Lipinski definition) is 9. The lowest BCUT2D eigenvalue weighted by atomic mass is 9.99. The fourth-order valence-corrected chi connectivity index (χ4v) is 4.97. The van der Waals surface area contributed by atoms with E-state index in [0.717, 1.165) is 17.1 Å². The molecule has 0 unspecified atom stereocenters. The second-order valence-electron chi connectivity index (χ2n) is 12.8. The first-order valence-corrected chi connectivity index (χ1v) is 16.6. The number of hydrogen-bond donors (Lipinski definition) is 6. The highest BCUT2D eigenvalue weighted by molar-refractivity contribution is 6.13. The topological polar surface area (TPSA) is 235 Å². The van der Waals surface area contributed by atoms with Crippen LogP contribution in [0.5, 0.6) is 0 Å². The van der Waals surface area contributed by atoms with Crippen molar-refractivity contribution in [2.75, 3.05) is 18.4 Å². The van der Waals surface area contributed by atoms with Crippen LogP contribution in [0.4, 0.5) is 10.5 Å². The summed E-state index contributed by atoms with van der Waals surface area (Å²) in [4.78, 5) is 100. The summed E-state index contributed by atoms with van der Waals surface area (Å²) >= 11 is 0. The average Bonchev–Trinajstić information content (AvgIpc) is 3.35. The smallest absolute Gasteiger partial charge is 0.312 e. The number of urea groups is 1. The van der Waals surface area contributed by atoms with E-state index in [4.69, 9.17) is 10.5 Å². The zero-order valence-electron chi connectivity index (χ0n) is 29.2. The summed E-state index contributed by atoms with van der Waals surface area (Å²) in [5, 5.41) is 13.3. The molecule has 0 saturated carbocycles. The second-order valence-corrected chi connectivity index (χ2v) is 12.8. The van der Waals surface area contributed by atoms with E-state index in [0.29, 0.717) is 11.3 Å². The molecule has 0 aliphatic carbocycles. The van der Waals surface area contributed by atoms with Crippen molar-refractivity contribution in [1.82, 2.24) is 26.2 Å². The summed E-state index contributed by atoms with van der Waals surface area (Å²) in [6.45, 7) is 8.82. The standard InChI is InChI=1S/C34H49N7O9/c1-20(2)17-26(38-28(43)14-16-41-29(44)12-13-30(41)45)32(47)40-27(18-21(3)4)33(48)39-25(7-6-15-36-34(35)49)31(46)37-24-10-8-23(9-11-24)19-50-22(5)42/h8-13,20-21,25-27H,6-7,14-19H2,1-5H3,(H,37,46)(H,38,43)(H,39,48)(H,40,47)(H3,35,36,49)/t25-,26+,27-/m0/s1. The summed E-state index contributed by atoms with van der Waals surface area (Å²) in [6.07, 6.45) is 2.89. The Bertz CT molecular complexity index is 1410. The number of esters is 1. The van der Waals surface area contributed by atoms with E-state index in [1.165, 1.54) is 6.92 Å². The molecule has 0 spiro atoms. The van der Waals surface area contributed by atoms with Gasteiger partial charge in [-0.3, -0.25) is 38.5 Å². The van der Waals surface area contributed by atoms with Crippen LogP contribution >= 0.6 is 0 Å². The van der Waals surface area contributed by atoms with Gasteiger partial charge in [-0.25, -0.2) is 4.79 Å². The third-order valence-corrected chi connectivity index (χ3v) is 7.43. The number of primary amides is 1. The Morgan fingerprint density at radius 3 is 1.84 bits per heavy atom. The van der Waals surface area contributed by atoms with Crippen LogP contribution in [0, 0.1) is 11.8 Å². The lowest BCUT2D eigenvalue weighted by Gasteiger charge is -2.27. The number of rotatable bonds is 20. The SMILES string of the molecule is CC(=O)OCc1ccc(NC(=O)[C@H](CCCNC(N)=O)NC(=O)[C@H](CC(C)C)NC(=O)[C@@H](CC(C)C)NC(=O)CCN2C(=O)C=CC2=O)cc1. The number of carbonyl (C=O) groups excluding carboxylic acids is 8. The Balaban J connectivity index is 2.16. The minimum Gasteiger partial charge on any atom is -0.461 e. The highest BCUT2D eigenvalue weighted by Gasteiger charge is 2.31. The molecule has 1 heterocycles. The lowest BCUT2D eigenvalue weighted by molar-refractivity contribution is -0.142. The van der Waals surface area contributed by atoms with E-state index in [-0.39, 0.29) is 63.6 Å². The molecular weight excluding hydrogens is 650 g/mol. The predicted molar refractivity (Wildman–Crippen MR) is 183 cm³/mol. The zero-order valence-corrected chi connectivity index (χ0v) is 29.2. The highest BCUT2D eigenvalue weighted by Crippen LogP contribution is 2.14. The van der Waals surface area contributed by atoms with Crippen molar-refractivity contribution in [2.24, 2.45) is 17.6 Å². The number of nitrogens with two attached hydrogens (primary N) is 1. The molecule has 1 aliphatic heterocycles. The van der Waals surface area contributed by atoms with E-state index >= 15 is 0 Å². The van der Waals surface area contributed by atoms with Gasteiger partial charge >= 0.3 is 12.0 Å². The van der Waals surface area contributed by atoms with Gasteiger partial charge in [-0.1, -0.05) is 39.8 Å². The van der Waals surface area contributed by atoms with Gasteiger partial charge in [0, 0.05) is 44.3 Å². The van der Waals surface area contributed by atoms with Gasteiger partial charge in [0.05, 0.1) is 0 Å². The van der Waals surface area contributed by atoms with Crippen LogP contribution < -0.4 is 32.3 Å². The van der Waals surface area contributed by atoms with Gasteiger partial charge < -0.3 is 37.1 Å². The van der Waals surface area contributed by atoms with Crippen molar-refractivity contribution in [3.8, 4) is 0 Å². The van der Waals surface area contributed by atoms with Crippen molar-refractivity contribution in [2.45, 2.75) is 91.5 Å². The van der Waals surface area contributed by atoms with Gasteiger partial charge in [-0.15, -0.1) is 0 Å². The molecule has 50 heavy (non-hydrogen) atoms. The first-order valence-electron chi connectivity index (χ1n) is 16.6. The number of amides is 8. The third kappa shape index (κ3) is 14.9. The van der Waals surface area contributed by atoms with Crippen LogP contribution in [-0.4, -0.2) is 83.6 Å². The largest absolute Gasteiger partial charge is 0.461 e. The molecule has 0 bridgehead atoms. The number of benzene rings is 1. The van der Waals surface area contributed by atoms with Crippen molar-refractivity contribution in [3.63, 3.8) is 0 Å². The summed E-state index contributed by atoms with van der Waals surface area (Å²) in [6, 6.07) is 2.69. The number of carbonyl (C=O) groups is 8. The molecule has 16 heteroatoms. The van der Waals surface area contributed by atoms with Crippen molar-refractivity contribution in [1.29, 1.82) is 0 Å². The van der Waals surface area contributed by atoms with E-state index < -0.39 is 65.6 Å². The lowest BCUT2D eigenvalue weighted by Crippen LogP contribution is -2.56. The van der Waals surface area contributed by atoms with Gasteiger partial charge in [0.15, 0.2) is 0 Å². The molecule has 3 atom stereocenters. The first kappa shape index (κ1) is 40.9. The van der Waals surface area contributed by atoms with Gasteiger partial charge in [0.2, 0.25) is 23.6 Å². The summed E-state index contributed by atoms with van der Waals surface area (Å²) < 4.78 is 4.98. The zero-order chi connectivity index (χ0) is 37.4. The molecular formula is C34H49N7O9. The maximum atomic E-state index is 13.7. The molecule has 0 aromatic heterocycles. The Labute approximate surface area is 291 Å². The molecule has 2 rings (SSSR count). The Morgan fingerprint density at radius 1 is 0.780 bits per heavy atom. The molecule has 8 amide bonds. The van der Waals surface area contributed by atoms with Crippen molar-refractivity contribution < 1.29 is 43.1 Å². The van der Waals surface area contributed by atoms with E-state index in [1.54, 1.807) is 24.3 Å². The molecule has 7 N–H and O–H groups in total. The van der Waals surface area contributed by atoms with Crippen LogP contribution in [-0.2, 0) is 44.9 Å². The molecule has 1 aliphatic rings. The minimum absolute atomic E-state index is 0.0211. The molecule has 0 fully saturated rings. The summed E-state index contributed by atoms with van der Waals surface area (Å²) in [5.74, 6) is -3.87. The fraction of sp³-hybridized carbons (Fsp3) is 0.529. The number of ether oxygens (including phenoxy) is 1. The van der Waals surface area contributed by atoms with Crippen LogP contribution in [0.25, 0.3) is 0 Å². The molecule has 1 aromatic rings. The molecule has 1 aromatic carbocycles. The van der Waals surface area contributed by atoms with Gasteiger partial charge in [-0.2, -0.15) is 0 Å². The van der Waals surface area contributed by atoms with E-state index in [9.17, 15) is 38.4 Å². The number of nitrogens with zero attached hydrogens (tertiary/aromatic N) is 1. The van der Waals surface area contributed by atoms with Crippen LogP contribution in [0.1, 0.15) is 72.3 Å².